The van der Waals surface area contributed by atoms with Crippen molar-refractivity contribution < 1.29 is 4.74 Å². The van der Waals surface area contributed by atoms with Crippen molar-refractivity contribution in [1.82, 2.24) is 4.90 Å². The van der Waals surface area contributed by atoms with Crippen LogP contribution in [0.3, 0.4) is 0 Å². The fourth-order valence-corrected chi connectivity index (χ4v) is 2.03. The van der Waals surface area contributed by atoms with Crippen molar-refractivity contribution >= 4 is 17.9 Å². The van der Waals surface area contributed by atoms with Gasteiger partial charge in [-0.3, -0.25) is 4.79 Å². The number of rotatable bonds is 8. The highest BCUT2D eigenvalue weighted by Gasteiger charge is 2.19. The highest BCUT2D eigenvalue weighted by molar-refractivity contribution is 7.71. The van der Waals surface area contributed by atoms with E-state index in [1.807, 2.05) is 27.9 Å². The number of nitrogens with zero attached hydrogens (tertiary/aromatic N) is 1. The van der Waals surface area contributed by atoms with Gasteiger partial charge in [-0.1, -0.05) is 26.1 Å². The lowest BCUT2D eigenvalue weighted by Gasteiger charge is -2.17. The maximum absolute atomic E-state index is 11.5. The molecule has 0 saturated carbocycles. The normalized spacial score (nSPS) is 11.7. The maximum atomic E-state index is 11.5. The molecule has 4 nitrogen and oxygen atoms in total. The number of likely N-dealkylation sites (N-methyl/N-ethyl adjacent to an activating group) is 1. The highest BCUT2D eigenvalue weighted by atomic mass is 32.1. The molecule has 0 aliphatic heterocycles. The van der Waals surface area contributed by atoms with E-state index in [9.17, 15) is 4.79 Å². The Bertz CT molecular complexity index is 448. The second kappa shape index (κ2) is 6.97. The van der Waals surface area contributed by atoms with Crippen molar-refractivity contribution in [1.29, 1.82) is 0 Å². The summed E-state index contributed by atoms with van der Waals surface area (Å²) >= 11 is 5.04. The molecule has 0 heterocycles. The van der Waals surface area contributed by atoms with Crippen molar-refractivity contribution in [2.75, 3.05) is 45.7 Å². The van der Waals surface area contributed by atoms with Crippen LogP contribution in [0.2, 0.25) is 0 Å². The van der Waals surface area contributed by atoms with E-state index in [0.29, 0.717) is 24.3 Å². The number of ether oxygens (including phenoxy) is 1. The van der Waals surface area contributed by atoms with Gasteiger partial charge in [-0.2, -0.15) is 0 Å². The van der Waals surface area contributed by atoms with E-state index in [2.05, 4.69) is 10.2 Å². The predicted molar refractivity (Wildman–Crippen MR) is 77.9 cm³/mol. The Morgan fingerprint density at radius 1 is 1.33 bits per heavy atom. The van der Waals surface area contributed by atoms with Gasteiger partial charge < -0.3 is 15.0 Å². The van der Waals surface area contributed by atoms with Crippen molar-refractivity contribution in [2.24, 2.45) is 0 Å². The van der Waals surface area contributed by atoms with E-state index >= 15 is 0 Å². The van der Waals surface area contributed by atoms with Crippen LogP contribution in [0.5, 0.6) is 0 Å². The molecule has 0 saturated heterocycles. The summed E-state index contributed by atoms with van der Waals surface area (Å²) in [5, 5.41) is 3.20. The minimum absolute atomic E-state index is 0.0241. The topological polar surface area (TPSA) is 41.6 Å². The molecule has 0 aromatic heterocycles. The molecule has 0 spiro atoms. The van der Waals surface area contributed by atoms with Gasteiger partial charge >= 0.3 is 0 Å². The van der Waals surface area contributed by atoms with Crippen LogP contribution in [0.4, 0.5) is 5.69 Å². The summed E-state index contributed by atoms with van der Waals surface area (Å²) in [5.74, 6) is 0.223. The van der Waals surface area contributed by atoms with Crippen LogP contribution in [-0.2, 0) is 4.74 Å². The largest absolute Gasteiger partial charge is 0.381 e. The minimum atomic E-state index is 0.0241. The van der Waals surface area contributed by atoms with Gasteiger partial charge in [-0.15, -0.1) is 0 Å². The SMILES string of the molecule is CC(C)c1c(NCCOCCN(C)C)c(=S)c1=O. The molecular formula is C13H22N2O2S. The van der Waals surface area contributed by atoms with E-state index < -0.39 is 0 Å². The maximum Gasteiger partial charge on any atom is 0.204 e. The molecule has 18 heavy (non-hydrogen) atoms. The molecule has 1 aromatic rings. The van der Waals surface area contributed by atoms with Gasteiger partial charge in [-0.25, -0.2) is 0 Å². The number of anilines is 1. The first-order valence-electron chi connectivity index (χ1n) is 6.24. The zero-order chi connectivity index (χ0) is 13.7. The lowest BCUT2D eigenvalue weighted by molar-refractivity contribution is 0.126. The molecule has 102 valence electrons. The summed E-state index contributed by atoms with van der Waals surface area (Å²) < 4.78 is 5.90. The quantitative estimate of drug-likeness (QED) is 0.576. The molecule has 1 N–H and O–H groups in total. The standard InChI is InChI=1S/C13H22N2O2S/c1-9(2)10-11(13(18)12(10)16)14-5-7-17-8-6-15(3)4/h9,14H,5-8H2,1-4H3. The number of nitrogens with one attached hydrogen (secondary N) is 1. The molecule has 1 aromatic carbocycles. The summed E-state index contributed by atoms with van der Waals surface area (Å²) in [6.07, 6.45) is 0. The third kappa shape index (κ3) is 3.86. The first-order valence-corrected chi connectivity index (χ1v) is 6.65. The third-order valence-corrected chi connectivity index (χ3v) is 3.15. The Kier molecular flexibility index (Phi) is 5.91. The number of hydrogen-bond acceptors (Lipinski definition) is 5. The fourth-order valence-electron chi connectivity index (χ4n) is 1.73. The lowest BCUT2D eigenvalue weighted by atomic mass is 9.96. The van der Waals surface area contributed by atoms with Crippen molar-refractivity contribution in [3.63, 3.8) is 0 Å². The van der Waals surface area contributed by atoms with Gasteiger partial charge in [0.2, 0.25) is 5.43 Å². The van der Waals surface area contributed by atoms with Crippen molar-refractivity contribution in [3.8, 4) is 0 Å². The van der Waals surface area contributed by atoms with Crippen molar-refractivity contribution in [3.05, 3.63) is 20.3 Å². The average Bonchev–Trinajstić information content (AvgIpc) is 2.30. The Balaban J connectivity index is 2.30. The Hall–Kier alpha value is -0.780. The van der Waals surface area contributed by atoms with Crippen LogP contribution in [-0.4, -0.2) is 45.3 Å². The van der Waals surface area contributed by atoms with Crippen LogP contribution >= 0.6 is 12.2 Å². The second-order valence-electron chi connectivity index (χ2n) is 4.94. The molecule has 1 rings (SSSR count). The van der Waals surface area contributed by atoms with E-state index in [-0.39, 0.29) is 11.3 Å². The molecule has 0 aliphatic carbocycles. The molecule has 0 aliphatic rings. The Morgan fingerprint density at radius 2 is 2.00 bits per heavy atom. The monoisotopic (exact) mass is 270 g/mol. The molecule has 0 bridgehead atoms. The van der Waals surface area contributed by atoms with Gasteiger partial charge in [0.25, 0.3) is 0 Å². The van der Waals surface area contributed by atoms with E-state index in [0.717, 1.165) is 17.8 Å². The van der Waals surface area contributed by atoms with E-state index in [1.165, 1.54) is 0 Å². The average molecular weight is 270 g/mol. The van der Waals surface area contributed by atoms with Gasteiger partial charge in [0.1, 0.15) is 4.51 Å². The Labute approximate surface area is 114 Å². The number of hydrogen-bond donors (Lipinski definition) is 1. The highest BCUT2D eigenvalue weighted by Crippen LogP contribution is 2.24. The van der Waals surface area contributed by atoms with Crippen LogP contribution in [0.1, 0.15) is 25.3 Å². The fraction of sp³-hybridized carbons (Fsp3) is 0.692. The van der Waals surface area contributed by atoms with Gasteiger partial charge in [-0.05, 0) is 20.0 Å². The summed E-state index contributed by atoms with van der Waals surface area (Å²) in [6.45, 7) is 6.95. The first kappa shape index (κ1) is 15.3. The summed E-state index contributed by atoms with van der Waals surface area (Å²) in [5.41, 5.74) is 1.70. The molecule has 0 amide bonds. The smallest absolute Gasteiger partial charge is 0.204 e. The minimum Gasteiger partial charge on any atom is -0.381 e. The lowest BCUT2D eigenvalue weighted by Crippen LogP contribution is -2.25. The van der Waals surface area contributed by atoms with Gasteiger partial charge in [0, 0.05) is 18.7 Å². The zero-order valence-corrected chi connectivity index (χ0v) is 12.4. The molecular weight excluding hydrogens is 248 g/mol. The van der Waals surface area contributed by atoms with E-state index in [1.54, 1.807) is 0 Å². The molecule has 5 heteroatoms. The Morgan fingerprint density at radius 3 is 2.56 bits per heavy atom. The van der Waals surface area contributed by atoms with Crippen LogP contribution < -0.4 is 10.7 Å². The van der Waals surface area contributed by atoms with Gasteiger partial charge in [0.15, 0.2) is 0 Å². The van der Waals surface area contributed by atoms with Crippen LogP contribution in [0.15, 0.2) is 4.79 Å². The molecule has 0 fully saturated rings. The van der Waals surface area contributed by atoms with Gasteiger partial charge in [0.05, 0.1) is 18.9 Å². The molecule has 0 unspecified atom stereocenters. The van der Waals surface area contributed by atoms with E-state index in [4.69, 9.17) is 17.0 Å². The summed E-state index contributed by atoms with van der Waals surface area (Å²) in [6, 6.07) is 0. The van der Waals surface area contributed by atoms with Crippen LogP contribution in [0, 0.1) is 4.51 Å². The van der Waals surface area contributed by atoms with Crippen LogP contribution in [0.25, 0.3) is 0 Å². The van der Waals surface area contributed by atoms with Crippen molar-refractivity contribution in [2.45, 2.75) is 19.8 Å². The molecule has 0 atom stereocenters. The summed E-state index contributed by atoms with van der Waals surface area (Å²) in [7, 11) is 4.03. The zero-order valence-electron chi connectivity index (χ0n) is 11.6. The molecule has 0 radical (unpaired) electrons. The second-order valence-corrected chi connectivity index (χ2v) is 5.35. The summed E-state index contributed by atoms with van der Waals surface area (Å²) in [4.78, 5) is 13.6. The third-order valence-electron chi connectivity index (χ3n) is 2.76. The predicted octanol–water partition coefficient (Wildman–Crippen LogP) is 1.77. The first-order chi connectivity index (χ1) is 8.45.